The van der Waals surface area contributed by atoms with Gasteiger partial charge in [0.15, 0.2) is 0 Å². The summed E-state index contributed by atoms with van der Waals surface area (Å²) in [6.45, 7) is 2.48. The zero-order valence-electron chi connectivity index (χ0n) is 13.7. The van der Waals surface area contributed by atoms with E-state index in [-0.39, 0.29) is 5.41 Å². The number of hydrogen-bond donors (Lipinski definition) is 0. The zero-order chi connectivity index (χ0) is 16.6. The minimum atomic E-state index is -0.193. The normalized spacial score (nSPS) is 21.9. The van der Waals surface area contributed by atoms with Gasteiger partial charge in [-0.2, -0.15) is 5.10 Å². The second-order valence-electron chi connectivity index (χ2n) is 7.22. The van der Waals surface area contributed by atoms with E-state index < -0.39 is 0 Å². The first kappa shape index (κ1) is 15.7. The van der Waals surface area contributed by atoms with E-state index >= 15 is 0 Å². The number of halogens is 1. The largest absolute Gasteiger partial charge is 0.342 e. The number of rotatable bonds is 5. The topological polar surface area (TPSA) is 38.1 Å². The molecule has 1 atom stereocenters. The molecule has 2 aliphatic rings. The maximum absolute atomic E-state index is 13.0. The SMILES string of the molecule is O=C(N1CCC(Cc2ccc(Cl)cc2)C1)C1(Cn2cccn2)CC1. The molecule has 1 amide bonds. The summed E-state index contributed by atoms with van der Waals surface area (Å²) >= 11 is 5.95. The Balaban J connectivity index is 1.36. The third kappa shape index (κ3) is 3.20. The number of likely N-dealkylation sites (tertiary alicyclic amines) is 1. The lowest BCUT2D eigenvalue weighted by molar-refractivity contribution is -0.136. The van der Waals surface area contributed by atoms with Crippen LogP contribution in [0.5, 0.6) is 0 Å². The minimum absolute atomic E-state index is 0.193. The predicted molar refractivity (Wildman–Crippen MR) is 93.7 cm³/mol. The first-order valence-electron chi connectivity index (χ1n) is 8.66. The average molecular weight is 344 g/mol. The number of amides is 1. The van der Waals surface area contributed by atoms with Crippen LogP contribution in [0.4, 0.5) is 0 Å². The molecule has 0 spiro atoms. The van der Waals surface area contributed by atoms with Crippen molar-refractivity contribution in [1.29, 1.82) is 0 Å². The Morgan fingerprint density at radius 3 is 2.75 bits per heavy atom. The summed E-state index contributed by atoms with van der Waals surface area (Å²) in [5, 5.41) is 5.04. The highest BCUT2D eigenvalue weighted by Crippen LogP contribution is 2.49. The van der Waals surface area contributed by atoms with Crippen LogP contribution in [0.15, 0.2) is 42.7 Å². The molecule has 0 bridgehead atoms. The summed E-state index contributed by atoms with van der Waals surface area (Å²) < 4.78 is 1.90. The van der Waals surface area contributed by atoms with Crippen LogP contribution in [-0.2, 0) is 17.8 Å². The fraction of sp³-hybridized carbons (Fsp3) is 0.474. The van der Waals surface area contributed by atoms with Crippen molar-refractivity contribution in [2.24, 2.45) is 11.3 Å². The van der Waals surface area contributed by atoms with Gasteiger partial charge in [-0.05, 0) is 55.4 Å². The average Bonchev–Trinajstić information content (AvgIpc) is 2.98. The van der Waals surface area contributed by atoms with E-state index in [1.54, 1.807) is 6.20 Å². The summed E-state index contributed by atoms with van der Waals surface area (Å²) in [6, 6.07) is 9.98. The van der Waals surface area contributed by atoms with E-state index in [1.807, 2.05) is 29.1 Å². The van der Waals surface area contributed by atoms with E-state index in [4.69, 9.17) is 11.6 Å². The summed E-state index contributed by atoms with van der Waals surface area (Å²) in [5.41, 5.74) is 1.11. The van der Waals surface area contributed by atoms with Gasteiger partial charge in [0.25, 0.3) is 0 Å². The summed E-state index contributed by atoms with van der Waals surface area (Å²) in [6.07, 6.45) is 7.81. The molecule has 126 valence electrons. The van der Waals surface area contributed by atoms with Crippen LogP contribution in [0.3, 0.4) is 0 Å². The third-order valence-corrected chi connectivity index (χ3v) is 5.59. The number of carbonyl (C=O) groups excluding carboxylic acids is 1. The monoisotopic (exact) mass is 343 g/mol. The van der Waals surface area contributed by atoms with Crippen molar-refractivity contribution >= 4 is 17.5 Å². The molecule has 1 aliphatic carbocycles. The molecular formula is C19H22ClN3O. The number of nitrogens with zero attached hydrogens (tertiary/aromatic N) is 3. The quantitative estimate of drug-likeness (QED) is 0.834. The smallest absolute Gasteiger partial charge is 0.230 e. The van der Waals surface area contributed by atoms with Gasteiger partial charge < -0.3 is 4.90 Å². The van der Waals surface area contributed by atoms with Crippen molar-refractivity contribution in [2.75, 3.05) is 13.1 Å². The van der Waals surface area contributed by atoms with Gasteiger partial charge in [-0.3, -0.25) is 9.48 Å². The first-order valence-corrected chi connectivity index (χ1v) is 9.04. The number of aromatic nitrogens is 2. The molecule has 0 radical (unpaired) electrons. The van der Waals surface area contributed by atoms with Crippen LogP contribution in [0, 0.1) is 11.3 Å². The summed E-state index contributed by atoms with van der Waals surface area (Å²) in [4.78, 5) is 15.0. The second-order valence-corrected chi connectivity index (χ2v) is 7.66. The van der Waals surface area contributed by atoms with Crippen molar-refractivity contribution in [3.05, 3.63) is 53.3 Å². The minimum Gasteiger partial charge on any atom is -0.342 e. The van der Waals surface area contributed by atoms with Crippen molar-refractivity contribution in [1.82, 2.24) is 14.7 Å². The van der Waals surface area contributed by atoms with Gasteiger partial charge in [0.1, 0.15) is 0 Å². The van der Waals surface area contributed by atoms with Crippen LogP contribution in [0.1, 0.15) is 24.8 Å². The highest BCUT2D eigenvalue weighted by Gasteiger charge is 2.52. The molecule has 2 heterocycles. The van der Waals surface area contributed by atoms with E-state index in [0.717, 1.165) is 50.3 Å². The number of hydrogen-bond acceptors (Lipinski definition) is 2. The lowest BCUT2D eigenvalue weighted by atomic mass is 9.99. The molecule has 24 heavy (non-hydrogen) atoms. The van der Waals surface area contributed by atoms with Crippen LogP contribution < -0.4 is 0 Å². The predicted octanol–water partition coefficient (Wildman–Crippen LogP) is 3.41. The summed E-state index contributed by atoms with van der Waals surface area (Å²) in [5.74, 6) is 0.882. The Morgan fingerprint density at radius 1 is 1.29 bits per heavy atom. The van der Waals surface area contributed by atoms with Crippen molar-refractivity contribution < 1.29 is 4.79 Å². The highest BCUT2D eigenvalue weighted by molar-refractivity contribution is 6.30. The lowest BCUT2D eigenvalue weighted by Crippen LogP contribution is -2.37. The summed E-state index contributed by atoms with van der Waals surface area (Å²) in [7, 11) is 0. The van der Waals surface area contributed by atoms with Gasteiger partial charge in [-0.1, -0.05) is 23.7 Å². The molecule has 1 aliphatic heterocycles. The Morgan fingerprint density at radius 2 is 2.08 bits per heavy atom. The first-order chi connectivity index (χ1) is 11.6. The Hall–Kier alpha value is -1.81. The van der Waals surface area contributed by atoms with E-state index in [2.05, 4.69) is 22.1 Å². The van der Waals surface area contributed by atoms with Gasteiger partial charge in [0.05, 0.1) is 12.0 Å². The van der Waals surface area contributed by atoms with Crippen LogP contribution in [0.25, 0.3) is 0 Å². The highest BCUT2D eigenvalue weighted by atomic mass is 35.5. The molecule has 1 unspecified atom stereocenters. The van der Waals surface area contributed by atoms with Crippen LogP contribution >= 0.6 is 11.6 Å². The fourth-order valence-electron chi connectivity index (χ4n) is 3.77. The molecule has 1 aromatic heterocycles. The Kier molecular flexibility index (Phi) is 4.09. The molecule has 4 rings (SSSR count). The van der Waals surface area contributed by atoms with E-state index in [1.165, 1.54) is 5.56 Å². The van der Waals surface area contributed by atoms with E-state index in [0.29, 0.717) is 11.8 Å². The Labute approximate surface area is 147 Å². The van der Waals surface area contributed by atoms with Crippen LogP contribution in [-0.4, -0.2) is 33.7 Å². The van der Waals surface area contributed by atoms with Crippen molar-refractivity contribution in [3.8, 4) is 0 Å². The number of carbonyl (C=O) groups is 1. The molecule has 1 saturated heterocycles. The maximum Gasteiger partial charge on any atom is 0.230 e. The van der Waals surface area contributed by atoms with Gasteiger partial charge in [0, 0.05) is 30.5 Å². The molecule has 5 heteroatoms. The molecule has 4 nitrogen and oxygen atoms in total. The van der Waals surface area contributed by atoms with Crippen molar-refractivity contribution in [2.45, 2.75) is 32.2 Å². The van der Waals surface area contributed by atoms with Crippen LogP contribution in [0.2, 0.25) is 5.02 Å². The molecule has 2 fully saturated rings. The van der Waals surface area contributed by atoms with Gasteiger partial charge in [-0.25, -0.2) is 0 Å². The zero-order valence-corrected chi connectivity index (χ0v) is 14.5. The molecule has 1 saturated carbocycles. The fourth-order valence-corrected chi connectivity index (χ4v) is 3.89. The molecular weight excluding hydrogens is 322 g/mol. The second kappa shape index (κ2) is 6.25. The van der Waals surface area contributed by atoms with E-state index in [9.17, 15) is 4.79 Å². The maximum atomic E-state index is 13.0. The Bertz CT molecular complexity index is 707. The standard InChI is InChI=1S/C19H22ClN3O/c20-17-4-2-15(3-5-17)12-16-6-11-22(13-16)18(24)19(7-8-19)14-23-10-1-9-21-23/h1-5,9-10,16H,6-8,11-14H2. The van der Waals surface area contributed by atoms with Crippen molar-refractivity contribution in [3.63, 3.8) is 0 Å². The van der Waals surface area contributed by atoms with Gasteiger partial charge >= 0.3 is 0 Å². The molecule has 2 aromatic rings. The lowest BCUT2D eigenvalue weighted by Gasteiger charge is -2.23. The van der Waals surface area contributed by atoms with Gasteiger partial charge in [0.2, 0.25) is 5.91 Å². The third-order valence-electron chi connectivity index (χ3n) is 5.34. The van der Waals surface area contributed by atoms with Gasteiger partial charge in [-0.15, -0.1) is 0 Å². The molecule has 1 aromatic carbocycles. The number of benzene rings is 1. The molecule has 0 N–H and O–H groups in total.